The molecule has 0 fully saturated rings. The third-order valence-electron chi connectivity index (χ3n) is 3.70. The number of halogens is 2. The van der Waals surface area contributed by atoms with Gasteiger partial charge in [0, 0.05) is 23.8 Å². The van der Waals surface area contributed by atoms with Crippen LogP contribution in [0.5, 0.6) is 5.75 Å². The third-order valence-corrected chi connectivity index (χ3v) is 4.15. The number of hydrogen-bond donors (Lipinski definition) is 0. The largest absolute Gasteiger partial charge is 0.493 e. The van der Waals surface area contributed by atoms with Gasteiger partial charge in [-0.05, 0) is 36.8 Å². The van der Waals surface area contributed by atoms with Crippen LogP contribution in [0.2, 0.25) is 10.0 Å². The number of aromatic nitrogens is 1. The molecule has 0 saturated heterocycles. The van der Waals surface area contributed by atoms with Crippen molar-refractivity contribution in [2.75, 3.05) is 18.6 Å². The van der Waals surface area contributed by atoms with Crippen LogP contribution in [0.15, 0.2) is 36.5 Å². The number of hydrogen-bond acceptors (Lipinski definition) is 3. The topological polar surface area (TPSA) is 42.4 Å². The fraction of sp³-hybridized carbons (Fsp3) is 0.250. The number of rotatable bonds is 2. The zero-order chi connectivity index (χ0) is 15.7. The number of benzene rings is 1. The zero-order valence-electron chi connectivity index (χ0n) is 11.9. The van der Waals surface area contributed by atoms with Crippen molar-refractivity contribution in [2.24, 2.45) is 0 Å². The summed E-state index contributed by atoms with van der Waals surface area (Å²) >= 11 is 11.9. The van der Waals surface area contributed by atoms with Gasteiger partial charge in [0.1, 0.15) is 11.6 Å². The van der Waals surface area contributed by atoms with Gasteiger partial charge in [-0.1, -0.05) is 23.2 Å². The highest BCUT2D eigenvalue weighted by atomic mass is 35.5. The van der Waals surface area contributed by atoms with Gasteiger partial charge in [-0.3, -0.25) is 9.69 Å². The molecule has 1 aromatic carbocycles. The lowest BCUT2D eigenvalue weighted by Gasteiger charge is -2.28. The van der Waals surface area contributed by atoms with E-state index >= 15 is 0 Å². The molecule has 0 spiro atoms. The fourth-order valence-electron chi connectivity index (χ4n) is 2.53. The predicted molar refractivity (Wildman–Crippen MR) is 87.0 cm³/mol. The minimum Gasteiger partial charge on any atom is -0.493 e. The average molecular weight is 337 g/mol. The molecule has 114 valence electrons. The van der Waals surface area contributed by atoms with Crippen LogP contribution in [0.25, 0.3) is 0 Å². The average Bonchev–Trinajstić information content (AvgIpc) is 2.53. The SMILES string of the molecule is CN(C(=O)C1CCOc2ccc(Cl)cc21)c1ccc(Cl)cn1. The molecule has 1 amide bonds. The molecule has 1 aliphatic heterocycles. The maximum absolute atomic E-state index is 12.8. The summed E-state index contributed by atoms with van der Waals surface area (Å²) < 4.78 is 5.60. The van der Waals surface area contributed by atoms with E-state index in [9.17, 15) is 4.79 Å². The number of amides is 1. The van der Waals surface area contributed by atoms with Crippen LogP contribution in [0.1, 0.15) is 17.9 Å². The minimum atomic E-state index is -0.287. The van der Waals surface area contributed by atoms with Gasteiger partial charge in [-0.25, -0.2) is 4.98 Å². The van der Waals surface area contributed by atoms with E-state index in [1.54, 1.807) is 37.4 Å². The number of carbonyl (C=O) groups excluding carboxylic acids is 1. The Morgan fingerprint density at radius 2 is 2.05 bits per heavy atom. The van der Waals surface area contributed by atoms with Gasteiger partial charge in [0.2, 0.25) is 5.91 Å². The number of ether oxygens (including phenoxy) is 1. The second kappa shape index (κ2) is 6.15. The first-order valence-electron chi connectivity index (χ1n) is 6.87. The van der Waals surface area contributed by atoms with Crippen molar-refractivity contribution in [2.45, 2.75) is 12.3 Å². The number of anilines is 1. The second-order valence-corrected chi connectivity index (χ2v) is 5.98. The molecule has 0 bridgehead atoms. The van der Waals surface area contributed by atoms with E-state index in [-0.39, 0.29) is 11.8 Å². The second-order valence-electron chi connectivity index (χ2n) is 5.10. The lowest BCUT2D eigenvalue weighted by atomic mass is 9.92. The molecule has 6 heteroatoms. The Morgan fingerprint density at radius 3 is 2.77 bits per heavy atom. The molecule has 22 heavy (non-hydrogen) atoms. The Bertz CT molecular complexity index is 704. The van der Waals surface area contributed by atoms with Crippen molar-refractivity contribution in [1.82, 2.24) is 4.98 Å². The summed E-state index contributed by atoms with van der Waals surface area (Å²) in [6, 6.07) is 8.79. The van der Waals surface area contributed by atoms with Crippen molar-refractivity contribution in [1.29, 1.82) is 0 Å². The zero-order valence-corrected chi connectivity index (χ0v) is 13.4. The molecule has 0 N–H and O–H groups in total. The Hall–Kier alpha value is -1.78. The predicted octanol–water partition coefficient (Wildman–Crippen LogP) is 3.92. The number of fused-ring (bicyclic) bond motifs is 1. The van der Waals surface area contributed by atoms with Crippen LogP contribution in [0.4, 0.5) is 5.82 Å². The number of carbonyl (C=O) groups is 1. The summed E-state index contributed by atoms with van der Waals surface area (Å²) in [5.41, 5.74) is 0.824. The van der Waals surface area contributed by atoms with E-state index in [0.29, 0.717) is 34.6 Å². The molecule has 3 rings (SSSR count). The van der Waals surface area contributed by atoms with Crippen LogP contribution in [-0.4, -0.2) is 24.5 Å². The van der Waals surface area contributed by atoms with Crippen molar-refractivity contribution in [3.05, 3.63) is 52.1 Å². The number of likely N-dealkylation sites (N-methyl/N-ethyl adjacent to an activating group) is 1. The normalized spacial score (nSPS) is 16.6. The van der Waals surface area contributed by atoms with Gasteiger partial charge < -0.3 is 4.74 Å². The Labute approximate surface area is 138 Å². The summed E-state index contributed by atoms with van der Waals surface area (Å²) in [4.78, 5) is 18.5. The first kappa shape index (κ1) is 15.1. The van der Waals surface area contributed by atoms with Gasteiger partial charge in [-0.2, -0.15) is 0 Å². The summed E-state index contributed by atoms with van der Waals surface area (Å²) in [6.45, 7) is 0.507. The Morgan fingerprint density at radius 1 is 1.27 bits per heavy atom. The highest BCUT2D eigenvalue weighted by Crippen LogP contribution is 2.37. The monoisotopic (exact) mass is 336 g/mol. The Balaban J connectivity index is 1.90. The van der Waals surface area contributed by atoms with E-state index in [1.807, 2.05) is 0 Å². The van der Waals surface area contributed by atoms with Crippen LogP contribution >= 0.6 is 23.2 Å². The van der Waals surface area contributed by atoms with Crippen molar-refractivity contribution in [3.63, 3.8) is 0 Å². The van der Waals surface area contributed by atoms with E-state index in [1.165, 1.54) is 11.1 Å². The van der Waals surface area contributed by atoms with E-state index in [4.69, 9.17) is 27.9 Å². The van der Waals surface area contributed by atoms with Gasteiger partial charge in [-0.15, -0.1) is 0 Å². The standard InChI is InChI=1S/C16H14Cl2N2O2/c1-20(15-5-3-11(18)9-19-15)16(21)12-6-7-22-14-4-2-10(17)8-13(12)14/h2-5,8-9,12H,6-7H2,1H3. The molecule has 2 heterocycles. The van der Waals surface area contributed by atoms with Crippen LogP contribution in [0.3, 0.4) is 0 Å². The van der Waals surface area contributed by atoms with Gasteiger partial charge in [0.25, 0.3) is 0 Å². The first-order chi connectivity index (χ1) is 10.6. The molecule has 2 aromatic rings. The third kappa shape index (κ3) is 2.89. The lowest BCUT2D eigenvalue weighted by molar-refractivity contribution is -0.120. The van der Waals surface area contributed by atoms with Crippen LogP contribution < -0.4 is 9.64 Å². The lowest BCUT2D eigenvalue weighted by Crippen LogP contribution is -2.34. The Kier molecular flexibility index (Phi) is 4.23. The summed E-state index contributed by atoms with van der Waals surface area (Å²) in [5, 5.41) is 1.13. The quantitative estimate of drug-likeness (QED) is 0.834. The number of pyridine rings is 1. The molecule has 0 saturated carbocycles. The smallest absolute Gasteiger partial charge is 0.235 e. The minimum absolute atomic E-state index is 0.0401. The molecule has 0 radical (unpaired) electrons. The molecular weight excluding hydrogens is 323 g/mol. The van der Waals surface area contributed by atoms with Crippen LogP contribution in [-0.2, 0) is 4.79 Å². The van der Waals surface area contributed by atoms with Crippen molar-refractivity contribution >= 4 is 34.9 Å². The van der Waals surface area contributed by atoms with Gasteiger partial charge in [0.15, 0.2) is 0 Å². The van der Waals surface area contributed by atoms with Gasteiger partial charge in [0.05, 0.1) is 17.5 Å². The summed E-state index contributed by atoms with van der Waals surface area (Å²) in [5.74, 6) is 0.947. The maximum Gasteiger partial charge on any atom is 0.235 e. The molecule has 1 aromatic heterocycles. The van der Waals surface area contributed by atoms with E-state index < -0.39 is 0 Å². The number of nitrogens with zero attached hydrogens (tertiary/aromatic N) is 2. The molecule has 0 aliphatic carbocycles. The fourth-order valence-corrected chi connectivity index (χ4v) is 2.83. The highest BCUT2D eigenvalue weighted by molar-refractivity contribution is 6.31. The van der Waals surface area contributed by atoms with Crippen molar-refractivity contribution < 1.29 is 9.53 Å². The highest BCUT2D eigenvalue weighted by Gasteiger charge is 2.30. The first-order valence-corrected chi connectivity index (χ1v) is 7.63. The molecular formula is C16H14Cl2N2O2. The molecule has 1 unspecified atom stereocenters. The molecule has 1 atom stereocenters. The van der Waals surface area contributed by atoms with E-state index in [0.717, 1.165) is 5.56 Å². The van der Waals surface area contributed by atoms with E-state index in [2.05, 4.69) is 4.98 Å². The molecule has 1 aliphatic rings. The maximum atomic E-state index is 12.8. The van der Waals surface area contributed by atoms with Gasteiger partial charge >= 0.3 is 0 Å². The summed E-state index contributed by atoms with van der Waals surface area (Å²) in [7, 11) is 1.71. The van der Waals surface area contributed by atoms with Crippen LogP contribution in [0, 0.1) is 0 Å². The summed E-state index contributed by atoms with van der Waals surface area (Å²) in [6.07, 6.45) is 2.14. The molecule has 4 nitrogen and oxygen atoms in total. The van der Waals surface area contributed by atoms with Crippen molar-refractivity contribution in [3.8, 4) is 5.75 Å².